The van der Waals surface area contributed by atoms with E-state index in [2.05, 4.69) is 22.8 Å². The summed E-state index contributed by atoms with van der Waals surface area (Å²) in [5.74, 6) is -1.61. The Labute approximate surface area is 205 Å². The van der Waals surface area contributed by atoms with Crippen LogP contribution in [0.4, 0.5) is 4.79 Å². The zero-order valence-electron chi connectivity index (χ0n) is 20.4. The molecule has 0 saturated carbocycles. The van der Waals surface area contributed by atoms with Crippen LogP contribution >= 0.6 is 0 Å². The van der Waals surface area contributed by atoms with Crippen LogP contribution in [0.5, 0.6) is 0 Å². The van der Waals surface area contributed by atoms with E-state index in [1.165, 1.54) is 6.92 Å². The number of benzene rings is 2. The number of aliphatic carboxylic acids is 1. The predicted octanol–water partition coefficient (Wildman–Crippen LogP) is 3.67. The van der Waals surface area contributed by atoms with Crippen molar-refractivity contribution in [3.05, 3.63) is 59.7 Å². The molecule has 0 radical (unpaired) electrons. The highest BCUT2D eigenvalue weighted by atomic mass is 16.5. The summed E-state index contributed by atoms with van der Waals surface area (Å²) in [7, 11) is 0. The number of rotatable bonds is 11. The molecule has 0 heterocycles. The van der Waals surface area contributed by atoms with Crippen molar-refractivity contribution < 1.29 is 29.3 Å². The first-order valence-electron chi connectivity index (χ1n) is 11.9. The smallest absolute Gasteiger partial charge is 0.407 e. The molecule has 2 aromatic carbocycles. The van der Waals surface area contributed by atoms with E-state index in [-0.39, 0.29) is 25.0 Å². The van der Waals surface area contributed by atoms with Gasteiger partial charge in [-0.2, -0.15) is 0 Å². The normalized spacial score (nSPS) is 15.8. The Morgan fingerprint density at radius 2 is 1.63 bits per heavy atom. The van der Waals surface area contributed by atoms with Crippen molar-refractivity contribution in [2.24, 2.45) is 5.92 Å². The number of alkyl carbamates (subject to hydrolysis) is 1. The molecule has 35 heavy (non-hydrogen) atoms. The average molecular weight is 483 g/mol. The molecule has 4 N–H and O–H groups in total. The minimum atomic E-state index is -1.60. The first-order valence-corrected chi connectivity index (χ1v) is 11.9. The number of carboxylic acid groups (broad SMARTS) is 1. The van der Waals surface area contributed by atoms with Gasteiger partial charge in [0.25, 0.3) is 0 Å². The van der Waals surface area contributed by atoms with Crippen LogP contribution in [-0.4, -0.2) is 53.0 Å². The SMILES string of the molecule is CCC(C)CC(NC(=O)OCC1c2ccccc2-c2ccccc21)C(=O)NCC(C)(O)CC(=O)O. The molecule has 1 aliphatic rings. The Morgan fingerprint density at radius 1 is 1.06 bits per heavy atom. The molecule has 8 nitrogen and oxygen atoms in total. The first kappa shape index (κ1) is 26.2. The topological polar surface area (TPSA) is 125 Å². The molecule has 188 valence electrons. The minimum absolute atomic E-state index is 0.0962. The van der Waals surface area contributed by atoms with Crippen LogP contribution in [0.25, 0.3) is 11.1 Å². The Kier molecular flexibility index (Phi) is 8.51. The molecule has 0 bridgehead atoms. The van der Waals surface area contributed by atoms with Gasteiger partial charge >= 0.3 is 12.1 Å². The van der Waals surface area contributed by atoms with Gasteiger partial charge in [0.15, 0.2) is 0 Å². The molecule has 0 fully saturated rings. The summed E-state index contributed by atoms with van der Waals surface area (Å²) in [6.07, 6.45) is -0.0172. The van der Waals surface area contributed by atoms with E-state index >= 15 is 0 Å². The maximum absolute atomic E-state index is 12.8. The van der Waals surface area contributed by atoms with E-state index in [1.54, 1.807) is 0 Å². The van der Waals surface area contributed by atoms with Crippen molar-refractivity contribution in [1.29, 1.82) is 0 Å². The number of amides is 2. The molecule has 2 aromatic rings. The van der Waals surface area contributed by atoms with Gasteiger partial charge in [-0.25, -0.2) is 4.79 Å². The van der Waals surface area contributed by atoms with E-state index in [0.29, 0.717) is 6.42 Å². The Bertz CT molecular complexity index is 1020. The number of nitrogens with one attached hydrogen (secondary N) is 2. The van der Waals surface area contributed by atoms with Crippen molar-refractivity contribution in [3.63, 3.8) is 0 Å². The highest BCUT2D eigenvalue weighted by Gasteiger charge is 2.31. The monoisotopic (exact) mass is 482 g/mol. The van der Waals surface area contributed by atoms with Crippen molar-refractivity contribution in [2.45, 2.75) is 57.6 Å². The third-order valence-electron chi connectivity index (χ3n) is 6.46. The fourth-order valence-electron chi connectivity index (χ4n) is 4.37. The van der Waals surface area contributed by atoms with Crippen LogP contribution < -0.4 is 10.6 Å². The number of hydrogen-bond donors (Lipinski definition) is 4. The quantitative estimate of drug-likeness (QED) is 0.387. The summed E-state index contributed by atoms with van der Waals surface area (Å²) in [6.45, 7) is 5.18. The number of carbonyl (C=O) groups excluding carboxylic acids is 2. The molecule has 3 rings (SSSR count). The molecular weight excluding hydrogens is 448 g/mol. The van der Waals surface area contributed by atoms with Gasteiger partial charge < -0.3 is 25.6 Å². The molecule has 3 atom stereocenters. The fourth-order valence-corrected chi connectivity index (χ4v) is 4.37. The molecule has 3 unspecified atom stereocenters. The highest BCUT2D eigenvalue weighted by Crippen LogP contribution is 2.44. The molecule has 8 heteroatoms. The largest absolute Gasteiger partial charge is 0.481 e. The number of carboxylic acids is 1. The Morgan fingerprint density at radius 3 is 2.17 bits per heavy atom. The van der Waals surface area contributed by atoms with Crippen molar-refractivity contribution in [2.75, 3.05) is 13.2 Å². The van der Waals surface area contributed by atoms with E-state index in [4.69, 9.17) is 9.84 Å². The Hall–Kier alpha value is -3.39. The van der Waals surface area contributed by atoms with E-state index in [9.17, 15) is 19.5 Å². The van der Waals surface area contributed by atoms with Crippen LogP contribution in [0, 0.1) is 5.92 Å². The fraction of sp³-hybridized carbons (Fsp3) is 0.444. The predicted molar refractivity (Wildman–Crippen MR) is 132 cm³/mol. The second-order valence-electron chi connectivity index (χ2n) is 9.56. The maximum Gasteiger partial charge on any atom is 0.407 e. The highest BCUT2D eigenvalue weighted by molar-refractivity contribution is 5.86. The van der Waals surface area contributed by atoms with Gasteiger partial charge in [0, 0.05) is 12.5 Å². The summed E-state index contributed by atoms with van der Waals surface area (Å²) in [4.78, 5) is 36.4. The summed E-state index contributed by atoms with van der Waals surface area (Å²) in [6, 6.07) is 15.2. The summed E-state index contributed by atoms with van der Waals surface area (Å²) >= 11 is 0. The minimum Gasteiger partial charge on any atom is -0.481 e. The zero-order chi connectivity index (χ0) is 25.6. The van der Waals surface area contributed by atoms with E-state index < -0.39 is 36.0 Å². The number of hydrogen-bond acceptors (Lipinski definition) is 5. The van der Waals surface area contributed by atoms with Gasteiger partial charge in [-0.15, -0.1) is 0 Å². The summed E-state index contributed by atoms with van der Waals surface area (Å²) < 4.78 is 5.58. The molecule has 0 aliphatic heterocycles. The van der Waals surface area contributed by atoms with Gasteiger partial charge in [-0.05, 0) is 41.5 Å². The molecular formula is C27H34N2O6. The number of aliphatic hydroxyl groups is 1. The standard InChI is InChI=1S/C27H34N2O6/c1-4-17(2)13-23(25(32)28-16-27(3,34)14-24(30)31)29-26(33)35-15-22-20-11-7-5-9-18(20)19-10-6-8-12-21(19)22/h5-12,17,22-23,34H,4,13-16H2,1-3H3,(H,28,32)(H,29,33)(H,30,31). The molecule has 0 aromatic heterocycles. The van der Waals surface area contributed by atoms with Gasteiger partial charge in [-0.1, -0.05) is 68.8 Å². The lowest BCUT2D eigenvalue weighted by Crippen LogP contribution is -2.51. The van der Waals surface area contributed by atoms with Crippen LogP contribution in [0.2, 0.25) is 0 Å². The third kappa shape index (κ3) is 6.82. The summed E-state index contributed by atoms with van der Waals surface area (Å²) in [5, 5.41) is 24.3. The van der Waals surface area contributed by atoms with E-state index in [1.807, 2.05) is 50.2 Å². The zero-order valence-corrected chi connectivity index (χ0v) is 20.4. The lowest BCUT2D eigenvalue weighted by atomic mass is 9.98. The lowest BCUT2D eigenvalue weighted by Gasteiger charge is -2.25. The van der Waals surface area contributed by atoms with E-state index in [0.717, 1.165) is 28.7 Å². The first-order chi connectivity index (χ1) is 16.6. The molecule has 2 amide bonds. The van der Waals surface area contributed by atoms with Gasteiger partial charge in [0.05, 0.1) is 12.0 Å². The van der Waals surface area contributed by atoms with Crippen molar-refractivity contribution >= 4 is 18.0 Å². The molecule has 1 aliphatic carbocycles. The number of ether oxygens (including phenoxy) is 1. The third-order valence-corrected chi connectivity index (χ3v) is 6.46. The van der Waals surface area contributed by atoms with Gasteiger partial charge in [0.1, 0.15) is 12.6 Å². The van der Waals surface area contributed by atoms with Crippen LogP contribution in [0.3, 0.4) is 0 Å². The molecule has 0 spiro atoms. The lowest BCUT2D eigenvalue weighted by molar-refractivity contribution is -0.142. The molecule has 0 saturated heterocycles. The maximum atomic E-state index is 12.8. The van der Waals surface area contributed by atoms with Crippen molar-refractivity contribution in [1.82, 2.24) is 10.6 Å². The summed E-state index contributed by atoms with van der Waals surface area (Å²) in [5.41, 5.74) is 2.83. The Balaban J connectivity index is 1.64. The van der Waals surface area contributed by atoms with Crippen LogP contribution in [0.1, 0.15) is 57.1 Å². The number of fused-ring (bicyclic) bond motifs is 3. The van der Waals surface area contributed by atoms with Crippen LogP contribution in [0.15, 0.2) is 48.5 Å². The second kappa shape index (κ2) is 11.4. The van der Waals surface area contributed by atoms with Gasteiger partial charge in [0.2, 0.25) is 5.91 Å². The number of carbonyl (C=O) groups is 3. The van der Waals surface area contributed by atoms with Gasteiger partial charge in [-0.3, -0.25) is 9.59 Å². The van der Waals surface area contributed by atoms with Crippen molar-refractivity contribution in [3.8, 4) is 11.1 Å². The average Bonchev–Trinajstić information content (AvgIpc) is 3.13. The second-order valence-corrected chi connectivity index (χ2v) is 9.56. The van der Waals surface area contributed by atoms with Crippen LogP contribution in [-0.2, 0) is 14.3 Å².